The van der Waals surface area contributed by atoms with Crippen LogP contribution in [0.25, 0.3) is 0 Å². The van der Waals surface area contributed by atoms with Crippen LogP contribution in [0.5, 0.6) is 11.5 Å². The Hall–Kier alpha value is -1.45. The Labute approximate surface area is 83.4 Å². The van der Waals surface area contributed by atoms with E-state index in [1.54, 1.807) is 12.1 Å². The topological polar surface area (TPSA) is 35.5 Å². The molecule has 2 rings (SSSR count). The van der Waals surface area contributed by atoms with Crippen LogP contribution in [-0.2, 0) is 11.2 Å². The first-order valence-corrected chi connectivity index (χ1v) is 4.40. The molecule has 0 spiro atoms. The summed E-state index contributed by atoms with van der Waals surface area (Å²) in [5.74, 6) is 1.18. The zero-order chi connectivity index (χ0) is 10.1. The van der Waals surface area contributed by atoms with E-state index >= 15 is 0 Å². The summed E-state index contributed by atoms with van der Waals surface area (Å²) in [5.41, 5.74) is 1.51. The van der Waals surface area contributed by atoms with Crippen LogP contribution in [0.2, 0.25) is 0 Å². The van der Waals surface area contributed by atoms with Gasteiger partial charge in [0.15, 0.2) is 0 Å². The summed E-state index contributed by atoms with van der Waals surface area (Å²) in [4.78, 5) is 10.2. The summed E-state index contributed by atoms with van der Waals surface area (Å²) in [7, 11) is 5.74. The second-order valence-electron chi connectivity index (χ2n) is 3.35. The Morgan fingerprint density at radius 1 is 1.64 bits per heavy atom. The number of carbonyl (C=O) groups excluding carboxylic acids is 1. The summed E-state index contributed by atoms with van der Waals surface area (Å²) in [6.07, 6.45) is 0.939. The zero-order valence-corrected chi connectivity index (χ0v) is 7.82. The van der Waals surface area contributed by atoms with Gasteiger partial charge in [-0.2, -0.15) is 0 Å². The van der Waals surface area contributed by atoms with E-state index in [4.69, 9.17) is 17.3 Å². The van der Waals surface area contributed by atoms with Crippen molar-refractivity contribution < 1.29 is 14.3 Å². The van der Waals surface area contributed by atoms with E-state index in [1.807, 2.05) is 6.92 Å². The second kappa shape index (κ2) is 3.37. The fraction of sp³-hybridized carbons (Fsp3) is 0.300. The number of benzene rings is 1. The van der Waals surface area contributed by atoms with Crippen LogP contribution in [0.15, 0.2) is 12.1 Å². The van der Waals surface area contributed by atoms with Gasteiger partial charge in [-0.05, 0) is 19.1 Å². The van der Waals surface area contributed by atoms with E-state index < -0.39 is 0 Å². The summed E-state index contributed by atoms with van der Waals surface area (Å²) < 4.78 is 10.2. The van der Waals surface area contributed by atoms with Gasteiger partial charge >= 0.3 is 0 Å². The highest BCUT2D eigenvalue weighted by Gasteiger charge is 2.21. The van der Waals surface area contributed by atoms with Crippen LogP contribution in [0.4, 0.5) is 0 Å². The van der Waals surface area contributed by atoms with Gasteiger partial charge in [0.05, 0.1) is 0 Å². The average molecular weight is 188 g/mol. The van der Waals surface area contributed by atoms with Crippen molar-refractivity contribution in [2.24, 2.45) is 0 Å². The van der Waals surface area contributed by atoms with Crippen molar-refractivity contribution >= 4 is 19.8 Å². The van der Waals surface area contributed by atoms with Gasteiger partial charge in [-0.15, -0.1) is 0 Å². The van der Waals surface area contributed by atoms with Gasteiger partial charge in [-0.3, -0.25) is 4.79 Å². The SMILES string of the molecule is [B]c1cc(OC=O)cc2c1OC(C)C2. The van der Waals surface area contributed by atoms with E-state index in [-0.39, 0.29) is 6.10 Å². The Morgan fingerprint density at radius 2 is 2.43 bits per heavy atom. The first-order valence-electron chi connectivity index (χ1n) is 4.40. The maximum atomic E-state index is 10.2. The largest absolute Gasteiger partial charge is 0.491 e. The highest BCUT2D eigenvalue weighted by Crippen LogP contribution is 2.29. The Morgan fingerprint density at radius 3 is 3.14 bits per heavy atom. The van der Waals surface area contributed by atoms with Gasteiger partial charge in [0.1, 0.15) is 25.4 Å². The molecule has 0 aliphatic carbocycles. The lowest BCUT2D eigenvalue weighted by Gasteiger charge is -2.07. The van der Waals surface area contributed by atoms with Crippen molar-refractivity contribution in [1.29, 1.82) is 0 Å². The number of carbonyl (C=O) groups is 1. The standard InChI is InChI=1S/C10H9BO3/c1-6-2-7-3-8(13-5-12)4-9(11)10(7)14-6/h3-6H,2H2,1H3. The van der Waals surface area contributed by atoms with Gasteiger partial charge < -0.3 is 9.47 Å². The lowest BCUT2D eigenvalue weighted by atomic mass is 9.92. The third-order valence-electron chi connectivity index (χ3n) is 2.18. The Kier molecular flexibility index (Phi) is 2.19. The number of hydrogen-bond donors (Lipinski definition) is 0. The van der Waals surface area contributed by atoms with Crippen LogP contribution < -0.4 is 14.9 Å². The highest BCUT2D eigenvalue weighted by atomic mass is 16.5. The molecule has 2 radical (unpaired) electrons. The van der Waals surface area contributed by atoms with Gasteiger partial charge in [0, 0.05) is 12.0 Å². The third kappa shape index (κ3) is 1.48. The lowest BCUT2D eigenvalue weighted by molar-refractivity contribution is -0.120. The summed E-state index contributed by atoms with van der Waals surface area (Å²) in [5, 5.41) is 0. The molecule has 1 unspecified atom stereocenters. The molecule has 1 atom stereocenters. The molecule has 0 bridgehead atoms. The van der Waals surface area contributed by atoms with Crippen molar-refractivity contribution in [3.63, 3.8) is 0 Å². The molecule has 14 heavy (non-hydrogen) atoms. The number of ether oxygens (including phenoxy) is 2. The normalized spacial score (nSPS) is 18.5. The summed E-state index contributed by atoms with van der Waals surface area (Å²) >= 11 is 0. The molecule has 1 aliphatic heterocycles. The van der Waals surface area contributed by atoms with E-state index in [0.717, 1.165) is 17.7 Å². The molecule has 70 valence electrons. The maximum absolute atomic E-state index is 10.2. The minimum atomic E-state index is 0.138. The molecule has 1 aliphatic rings. The second-order valence-corrected chi connectivity index (χ2v) is 3.35. The molecule has 0 fully saturated rings. The quantitative estimate of drug-likeness (QED) is 0.495. The Bertz CT molecular complexity index is 376. The van der Waals surface area contributed by atoms with Crippen molar-refractivity contribution in [3.8, 4) is 11.5 Å². The molecular weight excluding hydrogens is 179 g/mol. The predicted octanol–water partition coefficient (Wildman–Crippen LogP) is 0.339. The fourth-order valence-corrected chi connectivity index (χ4v) is 1.65. The molecule has 3 nitrogen and oxygen atoms in total. The first-order chi connectivity index (χ1) is 6.70. The first kappa shape index (κ1) is 9.12. The average Bonchev–Trinajstić information content (AvgIpc) is 2.47. The van der Waals surface area contributed by atoms with E-state index in [9.17, 15) is 4.79 Å². The third-order valence-corrected chi connectivity index (χ3v) is 2.18. The van der Waals surface area contributed by atoms with Crippen LogP contribution in [0.3, 0.4) is 0 Å². The summed E-state index contributed by atoms with van der Waals surface area (Å²) in [6.45, 7) is 2.36. The minimum absolute atomic E-state index is 0.138. The molecule has 4 heteroatoms. The van der Waals surface area contributed by atoms with Crippen molar-refractivity contribution in [1.82, 2.24) is 0 Å². The number of rotatable bonds is 2. The van der Waals surface area contributed by atoms with Crippen LogP contribution >= 0.6 is 0 Å². The molecular formula is C10H9BO3. The molecule has 0 saturated carbocycles. The molecule has 0 saturated heterocycles. The molecule has 1 aromatic carbocycles. The highest BCUT2D eigenvalue weighted by molar-refractivity contribution is 6.34. The zero-order valence-electron chi connectivity index (χ0n) is 7.82. The smallest absolute Gasteiger partial charge is 0.298 e. The van der Waals surface area contributed by atoms with Crippen molar-refractivity contribution in [2.45, 2.75) is 19.4 Å². The maximum Gasteiger partial charge on any atom is 0.298 e. The van der Waals surface area contributed by atoms with Crippen LogP contribution in [0.1, 0.15) is 12.5 Å². The molecule has 1 aromatic rings. The fourth-order valence-electron chi connectivity index (χ4n) is 1.65. The van der Waals surface area contributed by atoms with Gasteiger partial charge in [0.25, 0.3) is 6.47 Å². The predicted molar refractivity (Wildman–Crippen MR) is 52.3 cm³/mol. The van der Waals surface area contributed by atoms with E-state index in [2.05, 4.69) is 0 Å². The molecule has 0 amide bonds. The molecule has 0 aromatic heterocycles. The van der Waals surface area contributed by atoms with E-state index in [0.29, 0.717) is 17.7 Å². The summed E-state index contributed by atoms with van der Waals surface area (Å²) in [6, 6.07) is 3.37. The molecule has 0 N–H and O–H groups in total. The number of hydrogen-bond acceptors (Lipinski definition) is 3. The van der Waals surface area contributed by atoms with Crippen molar-refractivity contribution in [3.05, 3.63) is 17.7 Å². The van der Waals surface area contributed by atoms with Crippen LogP contribution in [-0.4, -0.2) is 20.4 Å². The Balaban J connectivity index is 2.40. The van der Waals surface area contributed by atoms with Gasteiger partial charge in [0.2, 0.25) is 0 Å². The lowest BCUT2D eigenvalue weighted by Crippen LogP contribution is -2.11. The minimum Gasteiger partial charge on any atom is -0.491 e. The van der Waals surface area contributed by atoms with Crippen LogP contribution in [0, 0.1) is 0 Å². The van der Waals surface area contributed by atoms with Gasteiger partial charge in [-0.1, -0.05) is 5.46 Å². The van der Waals surface area contributed by atoms with E-state index in [1.165, 1.54) is 0 Å². The van der Waals surface area contributed by atoms with Gasteiger partial charge in [-0.25, -0.2) is 0 Å². The van der Waals surface area contributed by atoms with Crippen molar-refractivity contribution in [2.75, 3.05) is 0 Å². The molecule has 1 heterocycles. The number of fused-ring (bicyclic) bond motifs is 1. The monoisotopic (exact) mass is 188 g/mol.